The molecule has 29 heavy (non-hydrogen) atoms. The maximum Gasteiger partial charge on any atom is 0.244 e. The zero-order chi connectivity index (χ0) is 20.4. The normalized spacial score (nSPS) is 20.7. The van der Waals surface area contributed by atoms with E-state index < -0.39 is 21.9 Å². The van der Waals surface area contributed by atoms with E-state index in [1.165, 1.54) is 16.4 Å². The van der Waals surface area contributed by atoms with Gasteiger partial charge in [-0.3, -0.25) is 4.79 Å². The van der Waals surface area contributed by atoms with Gasteiger partial charge in [-0.05, 0) is 54.7 Å². The average Bonchev–Trinajstić information content (AvgIpc) is 3.02. The van der Waals surface area contributed by atoms with Crippen LogP contribution in [0.1, 0.15) is 36.8 Å². The Morgan fingerprint density at radius 2 is 1.52 bits per heavy atom. The third-order valence-corrected chi connectivity index (χ3v) is 7.70. The zero-order valence-corrected chi connectivity index (χ0v) is 17.1. The van der Waals surface area contributed by atoms with Crippen LogP contribution in [0.25, 0.3) is 0 Å². The van der Waals surface area contributed by atoms with Crippen molar-refractivity contribution in [1.82, 2.24) is 9.21 Å². The Balaban J connectivity index is 1.71. The third-order valence-electron chi connectivity index (χ3n) is 5.83. The molecule has 1 amide bonds. The van der Waals surface area contributed by atoms with Gasteiger partial charge in [-0.2, -0.15) is 4.31 Å². The summed E-state index contributed by atoms with van der Waals surface area (Å²) in [5.74, 6) is -0.628. The lowest BCUT2D eigenvalue weighted by Gasteiger charge is -2.37. The number of hydrogen-bond acceptors (Lipinski definition) is 3. The van der Waals surface area contributed by atoms with Crippen LogP contribution in [0, 0.1) is 5.82 Å². The van der Waals surface area contributed by atoms with E-state index in [1.807, 2.05) is 29.2 Å². The quantitative estimate of drug-likeness (QED) is 0.771. The van der Waals surface area contributed by atoms with Crippen molar-refractivity contribution in [3.63, 3.8) is 0 Å². The lowest BCUT2D eigenvalue weighted by atomic mass is 9.95. The highest BCUT2D eigenvalue weighted by molar-refractivity contribution is 7.89. The van der Waals surface area contributed by atoms with Crippen LogP contribution in [0.5, 0.6) is 0 Å². The van der Waals surface area contributed by atoms with Crippen molar-refractivity contribution in [2.75, 3.05) is 13.1 Å². The second-order valence-corrected chi connectivity index (χ2v) is 9.62. The Hall–Kier alpha value is -2.25. The largest absolute Gasteiger partial charge is 0.341 e. The SMILES string of the molecule is O=C([C@@H]1Cc2ccccc2CN1S(=O)(=O)c1ccc(F)cc1)N1CCCCCC1. The van der Waals surface area contributed by atoms with Crippen molar-refractivity contribution in [2.24, 2.45) is 0 Å². The Labute approximate surface area is 171 Å². The summed E-state index contributed by atoms with van der Waals surface area (Å²) in [5, 5.41) is 0. The predicted octanol–water partition coefficient (Wildman–Crippen LogP) is 3.34. The molecule has 1 fully saturated rings. The molecule has 0 aliphatic carbocycles. The van der Waals surface area contributed by atoms with Crippen molar-refractivity contribution in [3.8, 4) is 0 Å². The van der Waals surface area contributed by atoms with Crippen LogP contribution >= 0.6 is 0 Å². The molecule has 2 aromatic rings. The summed E-state index contributed by atoms with van der Waals surface area (Å²) in [6.45, 7) is 1.48. The summed E-state index contributed by atoms with van der Waals surface area (Å²) in [7, 11) is -3.94. The van der Waals surface area contributed by atoms with Gasteiger partial charge in [-0.25, -0.2) is 12.8 Å². The highest BCUT2D eigenvalue weighted by atomic mass is 32.2. The van der Waals surface area contributed by atoms with Crippen molar-refractivity contribution in [2.45, 2.75) is 49.6 Å². The molecule has 7 heteroatoms. The first-order valence-electron chi connectivity index (χ1n) is 10.1. The number of benzene rings is 2. The maximum absolute atomic E-state index is 13.4. The number of carbonyl (C=O) groups excluding carboxylic acids is 1. The second-order valence-electron chi connectivity index (χ2n) is 7.73. The third kappa shape index (κ3) is 4.07. The number of rotatable bonds is 3. The first-order valence-corrected chi connectivity index (χ1v) is 11.5. The fraction of sp³-hybridized carbons (Fsp3) is 0.409. The zero-order valence-electron chi connectivity index (χ0n) is 16.3. The van der Waals surface area contributed by atoms with Gasteiger partial charge in [0.1, 0.15) is 11.9 Å². The number of likely N-dealkylation sites (tertiary alicyclic amines) is 1. The van der Waals surface area contributed by atoms with E-state index in [0.717, 1.165) is 48.9 Å². The van der Waals surface area contributed by atoms with Gasteiger partial charge in [0.05, 0.1) is 4.90 Å². The molecular formula is C22H25FN2O3S. The molecule has 2 aliphatic heterocycles. The molecule has 2 heterocycles. The molecule has 0 N–H and O–H groups in total. The highest BCUT2D eigenvalue weighted by Gasteiger charge is 2.41. The molecule has 0 aromatic heterocycles. The van der Waals surface area contributed by atoms with Gasteiger partial charge in [0.2, 0.25) is 15.9 Å². The Morgan fingerprint density at radius 3 is 2.17 bits per heavy atom. The van der Waals surface area contributed by atoms with Crippen molar-refractivity contribution >= 4 is 15.9 Å². The molecule has 5 nitrogen and oxygen atoms in total. The lowest BCUT2D eigenvalue weighted by Crippen LogP contribution is -2.53. The molecular weight excluding hydrogens is 391 g/mol. The number of fused-ring (bicyclic) bond motifs is 1. The molecule has 1 saturated heterocycles. The Morgan fingerprint density at radius 1 is 0.897 bits per heavy atom. The summed E-state index contributed by atoms with van der Waals surface area (Å²) in [4.78, 5) is 15.2. The number of carbonyl (C=O) groups is 1. The van der Waals surface area contributed by atoms with E-state index >= 15 is 0 Å². The highest BCUT2D eigenvalue weighted by Crippen LogP contribution is 2.30. The van der Waals surface area contributed by atoms with E-state index in [1.54, 1.807) is 0 Å². The minimum Gasteiger partial charge on any atom is -0.341 e. The van der Waals surface area contributed by atoms with Crippen molar-refractivity contribution in [3.05, 3.63) is 65.5 Å². The van der Waals surface area contributed by atoms with Gasteiger partial charge in [0, 0.05) is 19.6 Å². The van der Waals surface area contributed by atoms with Crippen LogP contribution in [-0.4, -0.2) is 42.7 Å². The summed E-state index contributed by atoms with van der Waals surface area (Å²) >= 11 is 0. The number of nitrogens with zero attached hydrogens (tertiary/aromatic N) is 2. The van der Waals surface area contributed by atoms with Gasteiger partial charge in [-0.15, -0.1) is 0 Å². The van der Waals surface area contributed by atoms with Crippen molar-refractivity contribution < 1.29 is 17.6 Å². The minimum atomic E-state index is -3.94. The van der Waals surface area contributed by atoms with E-state index in [2.05, 4.69) is 0 Å². The van der Waals surface area contributed by atoms with Crippen LogP contribution in [0.15, 0.2) is 53.4 Å². The fourth-order valence-corrected chi connectivity index (χ4v) is 5.77. The molecule has 0 spiro atoms. The van der Waals surface area contributed by atoms with Crippen LogP contribution in [0.4, 0.5) is 4.39 Å². The Kier molecular flexibility index (Phi) is 5.69. The number of sulfonamides is 1. The molecule has 4 rings (SSSR count). The topological polar surface area (TPSA) is 57.7 Å². The standard InChI is InChI=1S/C22H25FN2O3S/c23-19-9-11-20(12-10-19)29(27,28)25-16-18-8-4-3-7-17(18)15-21(25)22(26)24-13-5-1-2-6-14-24/h3-4,7-12,21H,1-2,5-6,13-16H2/t21-/m0/s1. The summed E-state index contributed by atoms with van der Waals surface area (Å²) in [5.41, 5.74) is 1.91. The second kappa shape index (κ2) is 8.24. The Bertz CT molecular complexity index is 983. The lowest BCUT2D eigenvalue weighted by molar-refractivity contribution is -0.135. The first kappa shape index (κ1) is 20.0. The molecule has 0 saturated carbocycles. The predicted molar refractivity (Wildman–Crippen MR) is 108 cm³/mol. The molecule has 2 aliphatic rings. The van der Waals surface area contributed by atoms with Crippen LogP contribution in [-0.2, 0) is 27.8 Å². The van der Waals surface area contributed by atoms with Crippen LogP contribution < -0.4 is 0 Å². The van der Waals surface area contributed by atoms with E-state index in [9.17, 15) is 17.6 Å². The molecule has 1 atom stereocenters. The molecule has 0 bridgehead atoms. The van der Waals surface area contributed by atoms with Crippen LogP contribution in [0.3, 0.4) is 0 Å². The maximum atomic E-state index is 13.4. The van der Waals surface area contributed by atoms with Gasteiger partial charge in [-0.1, -0.05) is 37.1 Å². The van der Waals surface area contributed by atoms with E-state index in [4.69, 9.17) is 0 Å². The number of halogens is 1. The monoisotopic (exact) mass is 416 g/mol. The van der Waals surface area contributed by atoms with Crippen molar-refractivity contribution in [1.29, 1.82) is 0 Å². The van der Waals surface area contributed by atoms with Gasteiger partial charge in [0.15, 0.2) is 0 Å². The first-order chi connectivity index (χ1) is 14.0. The van der Waals surface area contributed by atoms with Gasteiger partial charge < -0.3 is 4.90 Å². The molecule has 0 radical (unpaired) electrons. The number of hydrogen-bond donors (Lipinski definition) is 0. The smallest absolute Gasteiger partial charge is 0.244 e. The van der Waals surface area contributed by atoms with E-state index in [0.29, 0.717) is 19.5 Å². The van der Waals surface area contributed by atoms with E-state index in [-0.39, 0.29) is 17.3 Å². The fourth-order valence-electron chi connectivity index (χ4n) is 4.21. The minimum absolute atomic E-state index is 0.00643. The summed E-state index contributed by atoms with van der Waals surface area (Å²) in [6.07, 6.45) is 4.43. The van der Waals surface area contributed by atoms with Gasteiger partial charge >= 0.3 is 0 Å². The summed E-state index contributed by atoms with van der Waals surface area (Å²) < 4.78 is 41.4. The van der Waals surface area contributed by atoms with Crippen LogP contribution in [0.2, 0.25) is 0 Å². The molecule has 154 valence electrons. The van der Waals surface area contributed by atoms with Gasteiger partial charge in [0.25, 0.3) is 0 Å². The average molecular weight is 417 g/mol. The molecule has 0 unspecified atom stereocenters. The summed E-state index contributed by atoms with van der Waals surface area (Å²) in [6, 6.07) is 11.7. The number of amides is 1. The molecule has 2 aromatic carbocycles.